The highest BCUT2D eigenvalue weighted by Gasteiger charge is 2.21. The van der Waals surface area contributed by atoms with Gasteiger partial charge in [0, 0.05) is 12.2 Å². The van der Waals surface area contributed by atoms with Crippen LogP contribution in [0.15, 0.2) is 12.3 Å². The molecular formula is C16H29N3. The fraction of sp³-hybridized carbons (Fsp3) is 0.812. The average Bonchev–Trinajstić information content (AvgIpc) is 3.15. The van der Waals surface area contributed by atoms with Crippen molar-refractivity contribution in [3.63, 3.8) is 0 Å². The molecule has 0 bridgehead atoms. The Morgan fingerprint density at radius 2 is 2.00 bits per heavy atom. The van der Waals surface area contributed by atoms with E-state index in [-0.39, 0.29) is 0 Å². The SMILES string of the molecule is CCC(CNC1CC1)Cc1ccn(C(CC)CC)n1. The number of hydrogen-bond acceptors (Lipinski definition) is 2. The highest BCUT2D eigenvalue weighted by Crippen LogP contribution is 2.20. The van der Waals surface area contributed by atoms with E-state index in [0.29, 0.717) is 6.04 Å². The molecule has 1 aliphatic rings. The van der Waals surface area contributed by atoms with E-state index in [0.717, 1.165) is 37.8 Å². The second-order valence-electron chi connectivity index (χ2n) is 5.92. The van der Waals surface area contributed by atoms with Gasteiger partial charge in [0.2, 0.25) is 0 Å². The molecule has 2 rings (SSSR count). The van der Waals surface area contributed by atoms with E-state index < -0.39 is 0 Å². The van der Waals surface area contributed by atoms with Gasteiger partial charge in [-0.15, -0.1) is 0 Å². The summed E-state index contributed by atoms with van der Waals surface area (Å²) < 4.78 is 2.16. The number of aromatic nitrogens is 2. The van der Waals surface area contributed by atoms with Crippen molar-refractivity contribution < 1.29 is 0 Å². The number of rotatable bonds is 9. The minimum Gasteiger partial charge on any atom is -0.314 e. The summed E-state index contributed by atoms with van der Waals surface area (Å²) in [6.07, 6.45) is 9.59. The van der Waals surface area contributed by atoms with Crippen LogP contribution in [0.1, 0.15) is 64.6 Å². The molecule has 1 N–H and O–H groups in total. The van der Waals surface area contributed by atoms with E-state index >= 15 is 0 Å². The second kappa shape index (κ2) is 7.09. The van der Waals surface area contributed by atoms with Crippen LogP contribution in [0.5, 0.6) is 0 Å². The Labute approximate surface area is 117 Å². The van der Waals surface area contributed by atoms with Gasteiger partial charge in [0.15, 0.2) is 0 Å². The normalized spacial score (nSPS) is 17.1. The van der Waals surface area contributed by atoms with E-state index in [1.807, 2.05) is 0 Å². The van der Waals surface area contributed by atoms with Crippen molar-refractivity contribution in [3.05, 3.63) is 18.0 Å². The molecule has 1 atom stereocenters. The highest BCUT2D eigenvalue weighted by molar-refractivity contribution is 5.01. The van der Waals surface area contributed by atoms with Gasteiger partial charge in [0.1, 0.15) is 0 Å². The van der Waals surface area contributed by atoms with Crippen LogP contribution in [-0.4, -0.2) is 22.4 Å². The molecule has 0 radical (unpaired) electrons. The van der Waals surface area contributed by atoms with Crippen molar-refractivity contribution >= 4 is 0 Å². The van der Waals surface area contributed by atoms with Crippen LogP contribution in [-0.2, 0) is 6.42 Å². The van der Waals surface area contributed by atoms with Crippen LogP contribution in [0.4, 0.5) is 0 Å². The van der Waals surface area contributed by atoms with Crippen LogP contribution in [0.2, 0.25) is 0 Å². The maximum absolute atomic E-state index is 4.77. The topological polar surface area (TPSA) is 29.9 Å². The van der Waals surface area contributed by atoms with Crippen LogP contribution in [0.25, 0.3) is 0 Å². The molecule has 1 saturated carbocycles. The standard InChI is InChI=1S/C16H29N3/c1-4-13(12-17-14-7-8-14)11-15-9-10-19(18-15)16(5-2)6-3/h9-10,13-14,16-17H,4-8,11-12H2,1-3H3. The monoisotopic (exact) mass is 263 g/mol. The molecule has 1 heterocycles. The van der Waals surface area contributed by atoms with E-state index in [2.05, 4.69) is 43.0 Å². The van der Waals surface area contributed by atoms with Crippen molar-refractivity contribution in [2.24, 2.45) is 5.92 Å². The molecule has 3 heteroatoms. The quantitative estimate of drug-likeness (QED) is 0.738. The lowest BCUT2D eigenvalue weighted by Crippen LogP contribution is -2.25. The molecule has 0 spiro atoms. The van der Waals surface area contributed by atoms with Gasteiger partial charge in [-0.1, -0.05) is 27.2 Å². The number of nitrogens with one attached hydrogen (secondary N) is 1. The van der Waals surface area contributed by atoms with E-state index in [1.54, 1.807) is 0 Å². The summed E-state index contributed by atoms with van der Waals surface area (Å²) in [5.41, 5.74) is 1.26. The average molecular weight is 263 g/mol. The van der Waals surface area contributed by atoms with Crippen LogP contribution >= 0.6 is 0 Å². The summed E-state index contributed by atoms with van der Waals surface area (Å²) >= 11 is 0. The van der Waals surface area contributed by atoms with E-state index in [1.165, 1.54) is 25.0 Å². The predicted octanol–water partition coefficient (Wildman–Crippen LogP) is 3.56. The van der Waals surface area contributed by atoms with Crippen molar-refractivity contribution in [1.29, 1.82) is 0 Å². The summed E-state index contributed by atoms with van der Waals surface area (Å²) in [5.74, 6) is 0.727. The van der Waals surface area contributed by atoms with Gasteiger partial charge in [-0.05, 0) is 50.6 Å². The third kappa shape index (κ3) is 4.34. The minimum absolute atomic E-state index is 0.568. The van der Waals surface area contributed by atoms with Gasteiger partial charge in [-0.3, -0.25) is 4.68 Å². The zero-order valence-electron chi connectivity index (χ0n) is 12.7. The third-order valence-electron chi connectivity index (χ3n) is 4.33. The molecule has 0 aromatic carbocycles. The summed E-state index contributed by atoms with van der Waals surface area (Å²) in [4.78, 5) is 0. The molecule has 19 heavy (non-hydrogen) atoms. The molecule has 1 fully saturated rings. The molecule has 0 saturated heterocycles. The van der Waals surface area contributed by atoms with E-state index in [4.69, 9.17) is 5.10 Å². The first-order valence-electron chi connectivity index (χ1n) is 8.04. The summed E-state index contributed by atoms with van der Waals surface area (Å²) in [6.45, 7) is 7.92. The van der Waals surface area contributed by atoms with Crippen LogP contribution < -0.4 is 5.32 Å². The Bertz CT molecular complexity index is 364. The maximum atomic E-state index is 4.77. The molecular weight excluding hydrogens is 234 g/mol. The summed E-state index contributed by atoms with van der Waals surface area (Å²) in [5, 5.41) is 8.42. The van der Waals surface area contributed by atoms with Crippen molar-refractivity contribution in [3.8, 4) is 0 Å². The fourth-order valence-electron chi connectivity index (χ4n) is 2.63. The van der Waals surface area contributed by atoms with Gasteiger partial charge in [0.25, 0.3) is 0 Å². The fourth-order valence-corrected chi connectivity index (χ4v) is 2.63. The number of hydrogen-bond donors (Lipinski definition) is 1. The lowest BCUT2D eigenvalue weighted by molar-refractivity contribution is 0.415. The van der Waals surface area contributed by atoms with Gasteiger partial charge in [0.05, 0.1) is 11.7 Å². The zero-order valence-corrected chi connectivity index (χ0v) is 12.7. The molecule has 0 aliphatic heterocycles. The maximum Gasteiger partial charge on any atom is 0.0627 e. The smallest absolute Gasteiger partial charge is 0.0627 e. The molecule has 1 aromatic heterocycles. The van der Waals surface area contributed by atoms with Crippen LogP contribution in [0.3, 0.4) is 0 Å². The second-order valence-corrected chi connectivity index (χ2v) is 5.92. The Kier molecular flexibility index (Phi) is 5.44. The number of nitrogens with zero attached hydrogens (tertiary/aromatic N) is 2. The predicted molar refractivity (Wildman–Crippen MR) is 80.4 cm³/mol. The largest absolute Gasteiger partial charge is 0.314 e. The lowest BCUT2D eigenvalue weighted by atomic mass is 10.0. The molecule has 1 aromatic rings. The lowest BCUT2D eigenvalue weighted by Gasteiger charge is -2.15. The molecule has 1 unspecified atom stereocenters. The first-order valence-corrected chi connectivity index (χ1v) is 8.04. The molecule has 0 amide bonds. The minimum atomic E-state index is 0.568. The van der Waals surface area contributed by atoms with Gasteiger partial charge in [-0.2, -0.15) is 5.10 Å². The first-order chi connectivity index (χ1) is 9.26. The highest BCUT2D eigenvalue weighted by atomic mass is 15.3. The van der Waals surface area contributed by atoms with Gasteiger partial charge in [-0.25, -0.2) is 0 Å². The van der Waals surface area contributed by atoms with Crippen molar-refractivity contribution in [2.45, 2.75) is 71.4 Å². The van der Waals surface area contributed by atoms with Crippen molar-refractivity contribution in [2.75, 3.05) is 6.54 Å². The first kappa shape index (κ1) is 14.6. The van der Waals surface area contributed by atoms with Crippen molar-refractivity contribution in [1.82, 2.24) is 15.1 Å². The molecule has 1 aliphatic carbocycles. The van der Waals surface area contributed by atoms with E-state index in [9.17, 15) is 0 Å². The Morgan fingerprint density at radius 3 is 2.58 bits per heavy atom. The Balaban J connectivity index is 1.85. The van der Waals surface area contributed by atoms with Gasteiger partial charge < -0.3 is 5.32 Å². The Morgan fingerprint density at radius 1 is 1.26 bits per heavy atom. The van der Waals surface area contributed by atoms with Gasteiger partial charge >= 0.3 is 0 Å². The van der Waals surface area contributed by atoms with Crippen LogP contribution in [0, 0.1) is 5.92 Å². The summed E-state index contributed by atoms with van der Waals surface area (Å²) in [6, 6.07) is 3.59. The molecule has 108 valence electrons. The Hall–Kier alpha value is -0.830. The third-order valence-corrected chi connectivity index (χ3v) is 4.33. The summed E-state index contributed by atoms with van der Waals surface area (Å²) in [7, 11) is 0. The molecule has 3 nitrogen and oxygen atoms in total. The zero-order chi connectivity index (χ0) is 13.7.